The number of amides is 1. The lowest BCUT2D eigenvalue weighted by Gasteiger charge is -2.19. The minimum Gasteiger partial charge on any atom is -0.417 e. The van der Waals surface area contributed by atoms with E-state index in [0.29, 0.717) is 42.6 Å². The van der Waals surface area contributed by atoms with Crippen molar-refractivity contribution < 1.29 is 27.4 Å². The Bertz CT molecular complexity index is 1180. The minimum atomic E-state index is -2.99. The fourth-order valence-corrected chi connectivity index (χ4v) is 3.99. The first-order valence-corrected chi connectivity index (χ1v) is 9.59. The van der Waals surface area contributed by atoms with Gasteiger partial charge in [0.05, 0.1) is 23.4 Å². The van der Waals surface area contributed by atoms with Crippen molar-refractivity contribution in [2.75, 3.05) is 6.54 Å². The lowest BCUT2D eigenvalue weighted by molar-refractivity contribution is -0.137. The van der Waals surface area contributed by atoms with Crippen LogP contribution in [0.1, 0.15) is 32.7 Å². The molecular formula is C20H16F3N5O3. The Kier molecular flexibility index (Phi) is 4.81. The van der Waals surface area contributed by atoms with E-state index in [1.54, 1.807) is 0 Å². The van der Waals surface area contributed by atoms with Crippen LogP contribution < -0.4 is 10.1 Å². The molecule has 0 spiro atoms. The van der Waals surface area contributed by atoms with Crippen molar-refractivity contribution in [3.8, 4) is 23.0 Å². The predicted molar refractivity (Wildman–Crippen MR) is 100 cm³/mol. The number of H-pyrrole nitrogens is 1. The molecule has 2 N–H and O–H groups in total. The van der Waals surface area contributed by atoms with Crippen molar-refractivity contribution in [1.29, 1.82) is 0 Å². The Hall–Kier alpha value is -3.47. The molecule has 3 aromatic rings. The second-order valence-electron chi connectivity index (χ2n) is 7.14. The van der Waals surface area contributed by atoms with Crippen molar-refractivity contribution in [3.63, 3.8) is 0 Å². The number of carbonyl (C=O) groups excluding carboxylic acids is 1. The molecule has 3 aromatic heterocycles. The van der Waals surface area contributed by atoms with E-state index in [4.69, 9.17) is 4.74 Å². The third kappa shape index (κ3) is 3.40. The van der Waals surface area contributed by atoms with Crippen LogP contribution in [0.2, 0.25) is 0 Å². The molecule has 8 nitrogen and oxygen atoms in total. The third-order valence-corrected chi connectivity index (χ3v) is 5.33. The molecule has 4 heterocycles. The van der Waals surface area contributed by atoms with Gasteiger partial charge in [0.1, 0.15) is 6.33 Å². The average molecular weight is 431 g/mol. The number of halogens is 3. The molecule has 1 aliphatic carbocycles. The molecule has 0 saturated carbocycles. The molecule has 160 valence electrons. The molecule has 11 heteroatoms. The Labute approximate surface area is 173 Å². The molecule has 2 aliphatic rings. The number of pyridine rings is 1. The highest BCUT2D eigenvalue weighted by atomic mass is 19.3. The summed E-state index contributed by atoms with van der Waals surface area (Å²) in [5.74, 6) is -1.39. The molecule has 5 rings (SSSR count). The summed E-state index contributed by atoms with van der Waals surface area (Å²) >= 11 is 0. The third-order valence-electron chi connectivity index (χ3n) is 5.33. The quantitative estimate of drug-likeness (QED) is 0.644. The highest BCUT2D eigenvalue weighted by Crippen LogP contribution is 2.41. The van der Waals surface area contributed by atoms with Gasteiger partial charge in [0.2, 0.25) is 5.88 Å². The van der Waals surface area contributed by atoms with Crippen molar-refractivity contribution in [3.05, 3.63) is 52.5 Å². The predicted octanol–water partition coefficient (Wildman–Crippen LogP) is 2.92. The first kappa shape index (κ1) is 19.5. The molecular weight excluding hydrogens is 415 g/mol. The van der Waals surface area contributed by atoms with E-state index in [2.05, 4.69) is 30.0 Å². The largest absolute Gasteiger partial charge is 0.417 e. The van der Waals surface area contributed by atoms with Crippen LogP contribution in [0, 0.1) is 5.82 Å². The Morgan fingerprint density at radius 2 is 1.97 bits per heavy atom. The molecule has 0 fully saturated rings. The number of carbonyl (C=O) groups is 1. The molecule has 0 saturated heterocycles. The van der Waals surface area contributed by atoms with E-state index in [1.807, 2.05) is 0 Å². The average Bonchev–Trinajstić information content (AvgIpc) is 3.14. The van der Waals surface area contributed by atoms with Crippen LogP contribution in [0.15, 0.2) is 18.7 Å². The smallest absolute Gasteiger partial charge is 0.345 e. The molecule has 1 amide bonds. The van der Waals surface area contributed by atoms with Gasteiger partial charge in [-0.3, -0.25) is 4.79 Å². The van der Waals surface area contributed by atoms with Gasteiger partial charge < -0.3 is 19.8 Å². The highest BCUT2D eigenvalue weighted by molar-refractivity contribution is 6.00. The number of fused-ring (bicyclic) bond motifs is 5. The van der Waals surface area contributed by atoms with Crippen LogP contribution in [0.5, 0.6) is 11.8 Å². The van der Waals surface area contributed by atoms with Crippen molar-refractivity contribution in [1.82, 2.24) is 25.3 Å². The zero-order valence-electron chi connectivity index (χ0n) is 16.0. The Morgan fingerprint density at radius 1 is 1.10 bits per heavy atom. The van der Waals surface area contributed by atoms with Gasteiger partial charge in [0.25, 0.3) is 11.8 Å². The Balaban J connectivity index is 1.54. The second-order valence-corrected chi connectivity index (χ2v) is 7.14. The van der Waals surface area contributed by atoms with Gasteiger partial charge >= 0.3 is 6.61 Å². The fourth-order valence-electron chi connectivity index (χ4n) is 3.99. The van der Waals surface area contributed by atoms with Crippen LogP contribution in [-0.4, -0.2) is 39.0 Å². The molecule has 0 unspecified atom stereocenters. The normalized spacial score (nSPS) is 14.6. The number of hydrogen-bond donors (Lipinski definition) is 2. The number of hydrogen-bond acceptors (Lipinski definition) is 6. The van der Waals surface area contributed by atoms with Crippen LogP contribution in [0.25, 0.3) is 11.3 Å². The number of ether oxygens (including phenoxy) is 2. The molecule has 0 radical (unpaired) electrons. The first-order chi connectivity index (χ1) is 15.0. The lowest BCUT2D eigenvalue weighted by Crippen LogP contribution is -2.32. The summed E-state index contributed by atoms with van der Waals surface area (Å²) in [5.41, 5.74) is 3.75. The van der Waals surface area contributed by atoms with Crippen molar-refractivity contribution in [2.45, 2.75) is 32.5 Å². The van der Waals surface area contributed by atoms with E-state index in [1.165, 1.54) is 12.4 Å². The summed E-state index contributed by atoms with van der Waals surface area (Å²) in [6.45, 7) is -2.98. The molecule has 0 aromatic carbocycles. The van der Waals surface area contributed by atoms with Crippen LogP contribution >= 0.6 is 0 Å². The summed E-state index contributed by atoms with van der Waals surface area (Å²) in [5, 5.41) is 2.81. The van der Waals surface area contributed by atoms with E-state index >= 15 is 4.39 Å². The molecule has 0 atom stereocenters. The minimum absolute atomic E-state index is 0.120. The van der Waals surface area contributed by atoms with Crippen molar-refractivity contribution >= 4 is 5.91 Å². The SMILES string of the molecule is O=C1NCCc2[nH]c3c(c21)CCc1cnc(Oc2ncncc2COC(F)F)c(F)c1-3. The van der Waals surface area contributed by atoms with E-state index < -0.39 is 19.0 Å². The van der Waals surface area contributed by atoms with Gasteiger partial charge in [-0.05, 0) is 24.0 Å². The van der Waals surface area contributed by atoms with Crippen LogP contribution in [-0.2, 0) is 30.6 Å². The number of aromatic amines is 1. The topological polar surface area (TPSA) is 102 Å². The van der Waals surface area contributed by atoms with E-state index in [0.717, 1.165) is 17.6 Å². The summed E-state index contributed by atoms with van der Waals surface area (Å²) in [4.78, 5) is 27.2. The van der Waals surface area contributed by atoms with Gasteiger partial charge in [0, 0.05) is 36.6 Å². The van der Waals surface area contributed by atoms with Crippen LogP contribution in [0.3, 0.4) is 0 Å². The van der Waals surface area contributed by atoms with Crippen LogP contribution in [0.4, 0.5) is 13.2 Å². The Morgan fingerprint density at radius 3 is 2.81 bits per heavy atom. The number of aryl methyl sites for hydroxylation is 1. The number of nitrogens with zero attached hydrogens (tertiary/aromatic N) is 3. The monoisotopic (exact) mass is 431 g/mol. The summed E-state index contributed by atoms with van der Waals surface area (Å²) < 4.78 is 50.1. The summed E-state index contributed by atoms with van der Waals surface area (Å²) in [6, 6.07) is 0. The van der Waals surface area contributed by atoms with Gasteiger partial charge in [-0.1, -0.05) is 0 Å². The number of rotatable bonds is 5. The second kappa shape index (κ2) is 7.65. The van der Waals surface area contributed by atoms with Gasteiger partial charge in [-0.15, -0.1) is 0 Å². The fraction of sp³-hybridized carbons (Fsp3) is 0.300. The molecule has 1 aliphatic heterocycles. The zero-order valence-corrected chi connectivity index (χ0v) is 16.0. The lowest BCUT2D eigenvalue weighted by atomic mass is 9.88. The van der Waals surface area contributed by atoms with Gasteiger partial charge in [-0.25, -0.2) is 19.3 Å². The molecule has 31 heavy (non-hydrogen) atoms. The summed E-state index contributed by atoms with van der Waals surface area (Å²) in [7, 11) is 0. The summed E-state index contributed by atoms with van der Waals surface area (Å²) in [6.07, 6.45) is 5.64. The zero-order chi connectivity index (χ0) is 21.5. The maximum atomic E-state index is 15.5. The number of aromatic nitrogens is 4. The standard InChI is InChI=1S/C20H16F3N5O3/c21-15-13-9(1-2-11-14-12(28-16(11)13)3-4-25-17(14)29)6-26-19(15)31-18-10(5-24-8-27-18)7-30-20(22)23/h5-6,8,20,28H,1-4,7H2,(H,25,29). The number of nitrogens with one attached hydrogen (secondary N) is 2. The maximum Gasteiger partial charge on any atom is 0.345 e. The number of alkyl halides is 2. The molecule has 0 bridgehead atoms. The first-order valence-electron chi connectivity index (χ1n) is 9.59. The highest BCUT2D eigenvalue weighted by Gasteiger charge is 2.32. The van der Waals surface area contributed by atoms with E-state index in [9.17, 15) is 13.6 Å². The van der Waals surface area contributed by atoms with Gasteiger partial charge in [-0.2, -0.15) is 8.78 Å². The van der Waals surface area contributed by atoms with Crippen molar-refractivity contribution in [2.24, 2.45) is 0 Å². The maximum absolute atomic E-state index is 15.5. The van der Waals surface area contributed by atoms with E-state index in [-0.39, 0.29) is 28.8 Å². The van der Waals surface area contributed by atoms with Gasteiger partial charge in [0.15, 0.2) is 5.82 Å².